The van der Waals surface area contributed by atoms with Crippen LogP contribution >= 0.6 is 0 Å². The number of anilines is 1. The van der Waals surface area contributed by atoms with E-state index in [1.165, 1.54) is 0 Å². The molecule has 140 valence electrons. The van der Waals surface area contributed by atoms with E-state index in [9.17, 15) is 14.4 Å². The highest BCUT2D eigenvalue weighted by atomic mass is 16.2. The quantitative estimate of drug-likeness (QED) is 0.816. The van der Waals surface area contributed by atoms with Gasteiger partial charge in [0.1, 0.15) is 0 Å². The molecule has 1 atom stereocenters. The lowest BCUT2D eigenvalue weighted by atomic mass is 9.86. The minimum Gasteiger partial charge on any atom is -0.369 e. The molecule has 2 amide bonds. The van der Waals surface area contributed by atoms with E-state index in [1.54, 1.807) is 6.92 Å². The zero-order chi connectivity index (χ0) is 18.8. The highest BCUT2D eigenvalue weighted by Crippen LogP contribution is 2.26. The first kappa shape index (κ1) is 18.4. The Balaban J connectivity index is 1.62. The van der Waals surface area contributed by atoms with Crippen LogP contribution in [0.15, 0.2) is 0 Å². The predicted octanol–water partition coefficient (Wildman–Crippen LogP) is 0.686. The highest BCUT2D eigenvalue weighted by molar-refractivity contribution is 5.99. The topological polar surface area (TPSA) is 118 Å². The Kier molecular flexibility index (Phi) is 5.31. The fourth-order valence-corrected chi connectivity index (χ4v) is 3.76. The van der Waals surface area contributed by atoms with E-state index in [4.69, 9.17) is 5.73 Å². The fraction of sp³-hybridized carbons (Fsp3) is 0.611. The zero-order valence-corrected chi connectivity index (χ0v) is 15.2. The normalized spacial score (nSPS) is 21.3. The molecule has 0 radical (unpaired) electrons. The van der Waals surface area contributed by atoms with Crippen LogP contribution in [0.4, 0.5) is 5.95 Å². The van der Waals surface area contributed by atoms with Crippen LogP contribution in [0.25, 0.3) is 0 Å². The predicted molar refractivity (Wildman–Crippen MR) is 95.6 cm³/mol. The number of nitrogens with two attached hydrogens (primary N) is 1. The number of amides is 2. The molecule has 1 aliphatic heterocycles. The van der Waals surface area contributed by atoms with Gasteiger partial charge in [0.05, 0.1) is 23.5 Å². The van der Waals surface area contributed by atoms with Crippen LogP contribution in [0, 0.1) is 18.8 Å². The van der Waals surface area contributed by atoms with Gasteiger partial charge >= 0.3 is 0 Å². The summed E-state index contributed by atoms with van der Waals surface area (Å²) in [6, 6.07) is 0. The van der Waals surface area contributed by atoms with Gasteiger partial charge in [-0.2, -0.15) is 0 Å². The number of nitrogens with zero attached hydrogens (tertiary/aromatic N) is 3. The number of aryl methyl sites for hydroxylation is 1. The van der Waals surface area contributed by atoms with Crippen molar-refractivity contribution in [2.45, 2.75) is 39.5 Å². The van der Waals surface area contributed by atoms with Crippen molar-refractivity contribution in [3.8, 4) is 0 Å². The molecular weight excluding hydrogens is 334 g/mol. The van der Waals surface area contributed by atoms with E-state index in [0.717, 1.165) is 5.69 Å². The summed E-state index contributed by atoms with van der Waals surface area (Å²) < 4.78 is 0. The Morgan fingerprint density at radius 2 is 1.92 bits per heavy atom. The van der Waals surface area contributed by atoms with Crippen molar-refractivity contribution in [1.29, 1.82) is 0 Å². The van der Waals surface area contributed by atoms with Crippen molar-refractivity contribution in [3.63, 3.8) is 0 Å². The first-order valence-electron chi connectivity index (χ1n) is 9.05. The molecule has 2 aliphatic rings. The van der Waals surface area contributed by atoms with E-state index < -0.39 is 0 Å². The molecule has 1 fully saturated rings. The second-order valence-corrected chi connectivity index (χ2v) is 7.39. The van der Waals surface area contributed by atoms with Gasteiger partial charge in [0.2, 0.25) is 17.8 Å². The number of fused-ring (bicyclic) bond motifs is 1. The van der Waals surface area contributed by atoms with Gasteiger partial charge in [0, 0.05) is 12.3 Å². The number of rotatable bonds is 4. The lowest BCUT2D eigenvalue weighted by Gasteiger charge is -2.29. The number of carbonyl (C=O) groups is 3. The summed E-state index contributed by atoms with van der Waals surface area (Å²) in [7, 11) is 0. The van der Waals surface area contributed by atoms with Gasteiger partial charge in [-0.25, -0.2) is 9.97 Å². The lowest BCUT2D eigenvalue weighted by Crippen LogP contribution is -2.42. The third kappa shape index (κ3) is 4.07. The van der Waals surface area contributed by atoms with Gasteiger partial charge in [-0.1, -0.05) is 6.92 Å². The van der Waals surface area contributed by atoms with Gasteiger partial charge < -0.3 is 5.73 Å². The van der Waals surface area contributed by atoms with E-state index in [2.05, 4.69) is 15.3 Å². The maximum Gasteiger partial charge on any atom is 0.240 e. The molecule has 0 aromatic carbocycles. The average molecular weight is 359 g/mol. The Morgan fingerprint density at radius 1 is 1.23 bits per heavy atom. The number of hydrogen-bond donors (Lipinski definition) is 2. The number of piperidine rings is 1. The van der Waals surface area contributed by atoms with Crippen molar-refractivity contribution in [2.75, 3.05) is 25.0 Å². The van der Waals surface area contributed by atoms with Crippen molar-refractivity contribution in [2.24, 2.45) is 17.6 Å². The molecular formula is C18H25N5O3. The molecule has 1 aromatic heterocycles. The van der Waals surface area contributed by atoms with Crippen LogP contribution in [0.2, 0.25) is 0 Å². The molecule has 2 heterocycles. The van der Waals surface area contributed by atoms with E-state index in [1.807, 2.05) is 11.8 Å². The maximum atomic E-state index is 12.3. The number of likely N-dealkylation sites (tertiary alicyclic amines) is 1. The van der Waals surface area contributed by atoms with Crippen molar-refractivity contribution < 1.29 is 14.4 Å². The number of nitrogens with one attached hydrogen (secondary N) is 1. The first-order valence-corrected chi connectivity index (χ1v) is 9.05. The molecule has 26 heavy (non-hydrogen) atoms. The molecule has 1 saturated heterocycles. The highest BCUT2D eigenvalue weighted by Gasteiger charge is 2.27. The van der Waals surface area contributed by atoms with Crippen LogP contribution in [-0.4, -0.2) is 52.1 Å². The Hall–Kier alpha value is -2.35. The largest absolute Gasteiger partial charge is 0.369 e. The molecule has 3 N–H and O–H groups in total. The van der Waals surface area contributed by atoms with Gasteiger partial charge in [0.25, 0.3) is 0 Å². The van der Waals surface area contributed by atoms with Gasteiger partial charge in [-0.05, 0) is 45.2 Å². The second-order valence-electron chi connectivity index (χ2n) is 7.39. The lowest BCUT2D eigenvalue weighted by molar-refractivity contribution is -0.123. The van der Waals surface area contributed by atoms with Gasteiger partial charge in [-0.15, -0.1) is 0 Å². The van der Waals surface area contributed by atoms with E-state index >= 15 is 0 Å². The summed E-state index contributed by atoms with van der Waals surface area (Å²) in [5.41, 5.74) is 7.27. The molecule has 0 bridgehead atoms. The molecule has 0 saturated carbocycles. The van der Waals surface area contributed by atoms with Crippen LogP contribution in [0.5, 0.6) is 0 Å². The number of aromatic nitrogens is 2. The van der Waals surface area contributed by atoms with Gasteiger partial charge in [-0.3, -0.25) is 24.6 Å². The van der Waals surface area contributed by atoms with Crippen molar-refractivity contribution in [3.05, 3.63) is 17.0 Å². The first-order chi connectivity index (χ1) is 12.3. The number of ketones is 1. The summed E-state index contributed by atoms with van der Waals surface area (Å²) in [4.78, 5) is 46.4. The van der Waals surface area contributed by atoms with Crippen LogP contribution in [0.1, 0.15) is 47.9 Å². The second kappa shape index (κ2) is 7.49. The molecule has 1 aromatic rings. The third-order valence-electron chi connectivity index (χ3n) is 5.13. The fourth-order valence-electron chi connectivity index (χ4n) is 3.76. The number of carbonyl (C=O) groups excluding carboxylic acids is 3. The molecule has 1 aliphatic carbocycles. The molecule has 8 heteroatoms. The molecule has 8 nitrogen and oxygen atoms in total. The minimum absolute atomic E-state index is 0.0754. The smallest absolute Gasteiger partial charge is 0.240 e. The Labute approximate surface area is 152 Å². The monoisotopic (exact) mass is 359 g/mol. The summed E-state index contributed by atoms with van der Waals surface area (Å²) in [5.74, 6) is 0.0133. The average Bonchev–Trinajstić information content (AvgIpc) is 2.53. The third-order valence-corrected chi connectivity index (χ3v) is 5.13. The van der Waals surface area contributed by atoms with Crippen molar-refractivity contribution >= 4 is 23.5 Å². The number of Topliss-reactive ketones (excluding diaryl/α,β-unsaturated/α-hetero) is 1. The van der Waals surface area contributed by atoms with Crippen LogP contribution in [0.3, 0.4) is 0 Å². The maximum absolute atomic E-state index is 12.3. The zero-order valence-electron chi connectivity index (χ0n) is 15.2. The van der Waals surface area contributed by atoms with Crippen LogP contribution in [-0.2, 0) is 16.0 Å². The number of hydrogen-bond acceptors (Lipinski definition) is 6. The van der Waals surface area contributed by atoms with Crippen LogP contribution < -0.4 is 11.1 Å². The minimum atomic E-state index is -0.268. The van der Waals surface area contributed by atoms with E-state index in [-0.39, 0.29) is 41.9 Å². The summed E-state index contributed by atoms with van der Waals surface area (Å²) in [5, 5.41) is 2.74. The number of primary amides is 1. The summed E-state index contributed by atoms with van der Waals surface area (Å²) in [6.07, 6.45) is 2.59. The van der Waals surface area contributed by atoms with Crippen molar-refractivity contribution in [1.82, 2.24) is 14.9 Å². The molecule has 0 spiro atoms. The Morgan fingerprint density at radius 3 is 2.58 bits per heavy atom. The summed E-state index contributed by atoms with van der Waals surface area (Å²) in [6.45, 7) is 5.35. The Bertz CT molecular complexity index is 741. The van der Waals surface area contributed by atoms with E-state index in [0.29, 0.717) is 50.0 Å². The molecule has 0 unspecified atom stereocenters. The summed E-state index contributed by atoms with van der Waals surface area (Å²) >= 11 is 0. The molecule has 3 rings (SSSR count). The standard InChI is InChI=1S/C18H25N5O3/c1-10-7-13-16(14(24)8-10)11(2)20-18(21-13)22-15(25)9-23-5-3-12(4-6-23)17(19)26/h10,12H,3-9H2,1-2H3,(H2,19,26)(H,20,21,22,25)/t10-/m0/s1. The van der Waals surface area contributed by atoms with Gasteiger partial charge in [0.15, 0.2) is 5.78 Å². The SMILES string of the molecule is Cc1nc(NC(=O)CN2CCC(C(N)=O)CC2)nc2c1C(=O)C[C@@H](C)C2.